The molecule has 0 amide bonds. The highest BCUT2D eigenvalue weighted by atomic mass is 19.4. The van der Waals surface area contributed by atoms with Crippen molar-refractivity contribution >= 4 is 0 Å². The minimum atomic E-state index is -4.66. The Morgan fingerprint density at radius 3 is 2.74 bits per heavy atom. The SMILES string of the molecule is N#CCCCCNCc1cccc(OC(F)(F)F)c1. The van der Waals surface area contributed by atoms with E-state index in [9.17, 15) is 13.2 Å². The van der Waals surface area contributed by atoms with Crippen molar-refractivity contribution in [2.45, 2.75) is 32.2 Å². The first-order valence-electron chi connectivity index (χ1n) is 5.93. The molecule has 0 atom stereocenters. The molecule has 0 aromatic heterocycles. The standard InChI is InChI=1S/C13H15F3N2O/c14-13(15,16)19-12-6-4-5-11(9-12)10-18-8-3-1-2-7-17/h4-6,9,18H,1-3,8,10H2. The van der Waals surface area contributed by atoms with E-state index >= 15 is 0 Å². The summed E-state index contributed by atoms with van der Waals surface area (Å²) in [5.74, 6) is -0.212. The van der Waals surface area contributed by atoms with Gasteiger partial charge < -0.3 is 10.1 Å². The molecule has 0 saturated heterocycles. The molecule has 0 bridgehead atoms. The van der Waals surface area contributed by atoms with Gasteiger partial charge in [-0.3, -0.25) is 0 Å². The van der Waals surface area contributed by atoms with Gasteiger partial charge in [0.15, 0.2) is 0 Å². The molecule has 3 nitrogen and oxygen atoms in total. The van der Waals surface area contributed by atoms with Crippen LogP contribution in [0.3, 0.4) is 0 Å². The van der Waals surface area contributed by atoms with Gasteiger partial charge in [-0.25, -0.2) is 0 Å². The number of hydrogen-bond donors (Lipinski definition) is 1. The van der Waals surface area contributed by atoms with Crippen LogP contribution in [0.5, 0.6) is 5.75 Å². The maximum Gasteiger partial charge on any atom is 0.573 e. The third-order valence-electron chi connectivity index (χ3n) is 2.35. The molecule has 0 aliphatic carbocycles. The maximum absolute atomic E-state index is 12.0. The summed E-state index contributed by atoms with van der Waals surface area (Å²) in [5, 5.41) is 11.5. The lowest BCUT2D eigenvalue weighted by Gasteiger charge is -2.10. The van der Waals surface area contributed by atoms with E-state index in [1.54, 1.807) is 6.07 Å². The fourth-order valence-corrected chi connectivity index (χ4v) is 1.54. The topological polar surface area (TPSA) is 45.0 Å². The van der Waals surface area contributed by atoms with Crippen molar-refractivity contribution in [2.75, 3.05) is 6.54 Å². The van der Waals surface area contributed by atoms with Crippen LogP contribution in [0, 0.1) is 11.3 Å². The summed E-state index contributed by atoms with van der Waals surface area (Å²) in [7, 11) is 0. The summed E-state index contributed by atoms with van der Waals surface area (Å²) in [6.45, 7) is 1.20. The number of unbranched alkanes of at least 4 members (excludes halogenated alkanes) is 2. The zero-order valence-corrected chi connectivity index (χ0v) is 10.3. The molecule has 0 spiro atoms. The third kappa shape index (κ3) is 7.32. The zero-order chi connectivity index (χ0) is 14.1. The first-order chi connectivity index (χ1) is 9.01. The van der Waals surface area contributed by atoms with E-state index < -0.39 is 6.36 Å². The lowest BCUT2D eigenvalue weighted by molar-refractivity contribution is -0.274. The fourth-order valence-electron chi connectivity index (χ4n) is 1.54. The lowest BCUT2D eigenvalue weighted by Crippen LogP contribution is -2.18. The van der Waals surface area contributed by atoms with Crippen molar-refractivity contribution in [3.63, 3.8) is 0 Å². The monoisotopic (exact) mass is 272 g/mol. The van der Waals surface area contributed by atoms with Gasteiger partial charge in [0.1, 0.15) is 5.75 Å². The molecule has 1 rings (SSSR count). The van der Waals surface area contributed by atoms with Crippen molar-refractivity contribution in [3.8, 4) is 11.8 Å². The first kappa shape index (κ1) is 15.3. The highest BCUT2D eigenvalue weighted by Gasteiger charge is 2.31. The molecule has 0 aliphatic heterocycles. The minimum absolute atomic E-state index is 0.212. The molecule has 0 fully saturated rings. The van der Waals surface area contributed by atoms with Gasteiger partial charge in [0.05, 0.1) is 6.07 Å². The number of hydrogen-bond acceptors (Lipinski definition) is 3. The van der Waals surface area contributed by atoms with Crippen LogP contribution in [0.25, 0.3) is 0 Å². The molecule has 19 heavy (non-hydrogen) atoms. The van der Waals surface area contributed by atoms with Crippen molar-refractivity contribution < 1.29 is 17.9 Å². The molecular formula is C13H15F3N2O. The molecule has 1 aromatic carbocycles. The number of ether oxygens (including phenoxy) is 1. The van der Waals surface area contributed by atoms with E-state index in [1.807, 2.05) is 0 Å². The van der Waals surface area contributed by atoms with Crippen LogP contribution >= 0.6 is 0 Å². The molecule has 6 heteroatoms. The predicted octanol–water partition coefficient (Wildman–Crippen LogP) is 3.37. The minimum Gasteiger partial charge on any atom is -0.406 e. The van der Waals surface area contributed by atoms with Crippen molar-refractivity contribution in [1.82, 2.24) is 5.32 Å². The Morgan fingerprint density at radius 1 is 1.26 bits per heavy atom. The summed E-state index contributed by atoms with van der Waals surface area (Å²) in [5.41, 5.74) is 0.724. The molecule has 0 unspecified atom stereocenters. The molecule has 0 aliphatic rings. The van der Waals surface area contributed by atoms with E-state index in [1.165, 1.54) is 18.2 Å². The van der Waals surface area contributed by atoms with Crippen LogP contribution in [0.15, 0.2) is 24.3 Å². The zero-order valence-electron chi connectivity index (χ0n) is 10.3. The first-order valence-corrected chi connectivity index (χ1v) is 5.93. The maximum atomic E-state index is 12.0. The number of benzene rings is 1. The lowest BCUT2D eigenvalue weighted by atomic mass is 10.2. The van der Waals surface area contributed by atoms with Gasteiger partial charge in [0, 0.05) is 13.0 Å². The molecule has 104 valence electrons. The average Bonchev–Trinajstić information content (AvgIpc) is 2.32. The number of halogens is 3. The van der Waals surface area contributed by atoms with Crippen molar-refractivity contribution in [1.29, 1.82) is 5.26 Å². The molecular weight excluding hydrogens is 257 g/mol. The summed E-state index contributed by atoms with van der Waals surface area (Å²) in [6.07, 6.45) is -2.45. The Kier molecular flexibility index (Phi) is 6.16. The number of nitriles is 1. The van der Waals surface area contributed by atoms with Crippen LogP contribution in [0.2, 0.25) is 0 Å². The molecule has 1 N–H and O–H groups in total. The Labute approximate surface area is 110 Å². The van der Waals surface area contributed by atoms with Gasteiger partial charge in [-0.2, -0.15) is 5.26 Å². The normalized spacial score (nSPS) is 11.1. The highest BCUT2D eigenvalue weighted by molar-refractivity contribution is 5.28. The van der Waals surface area contributed by atoms with E-state index in [4.69, 9.17) is 5.26 Å². The predicted molar refractivity (Wildman–Crippen MR) is 64.3 cm³/mol. The summed E-state index contributed by atoms with van der Waals surface area (Å²) >= 11 is 0. The Morgan fingerprint density at radius 2 is 2.05 bits per heavy atom. The van der Waals surface area contributed by atoms with Crippen LogP contribution in [0.4, 0.5) is 13.2 Å². The average molecular weight is 272 g/mol. The summed E-state index contributed by atoms with van der Waals surface area (Å²) in [6, 6.07) is 7.93. The molecule has 0 heterocycles. The van der Waals surface area contributed by atoms with Gasteiger partial charge in [-0.15, -0.1) is 13.2 Å². The fraction of sp³-hybridized carbons (Fsp3) is 0.462. The summed E-state index contributed by atoms with van der Waals surface area (Å²) in [4.78, 5) is 0. The van der Waals surface area contributed by atoms with Gasteiger partial charge in [-0.05, 0) is 37.1 Å². The largest absolute Gasteiger partial charge is 0.573 e. The quantitative estimate of drug-likeness (QED) is 0.774. The van der Waals surface area contributed by atoms with E-state index in [0.29, 0.717) is 13.0 Å². The van der Waals surface area contributed by atoms with E-state index in [-0.39, 0.29) is 5.75 Å². The van der Waals surface area contributed by atoms with Crippen LogP contribution in [-0.2, 0) is 6.54 Å². The molecule has 1 aromatic rings. The molecule has 0 radical (unpaired) electrons. The number of rotatable bonds is 7. The second kappa shape index (κ2) is 7.64. The number of nitrogens with zero attached hydrogens (tertiary/aromatic N) is 1. The smallest absolute Gasteiger partial charge is 0.406 e. The van der Waals surface area contributed by atoms with Gasteiger partial charge in [0.2, 0.25) is 0 Å². The van der Waals surface area contributed by atoms with E-state index in [2.05, 4.69) is 16.1 Å². The third-order valence-corrected chi connectivity index (χ3v) is 2.35. The Balaban J connectivity index is 2.34. The van der Waals surface area contributed by atoms with Crippen LogP contribution in [0.1, 0.15) is 24.8 Å². The second-order valence-corrected chi connectivity index (χ2v) is 3.99. The Bertz CT molecular complexity index is 427. The van der Waals surface area contributed by atoms with Gasteiger partial charge in [-0.1, -0.05) is 12.1 Å². The van der Waals surface area contributed by atoms with Crippen LogP contribution < -0.4 is 10.1 Å². The van der Waals surface area contributed by atoms with Crippen LogP contribution in [-0.4, -0.2) is 12.9 Å². The number of alkyl halides is 3. The second-order valence-electron chi connectivity index (χ2n) is 3.99. The van der Waals surface area contributed by atoms with Gasteiger partial charge >= 0.3 is 6.36 Å². The highest BCUT2D eigenvalue weighted by Crippen LogP contribution is 2.23. The van der Waals surface area contributed by atoms with Crippen molar-refractivity contribution in [3.05, 3.63) is 29.8 Å². The number of nitrogens with one attached hydrogen (secondary N) is 1. The molecule has 0 saturated carbocycles. The van der Waals surface area contributed by atoms with Crippen molar-refractivity contribution in [2.24, 2.45) is 0 Å². The Hall–Kier alpha value is -1.74. The van der Waals surface area contributed by atoms with E-state index in [0.717, 1.165) is 24.9 Å². The summed E-state index contributed by atoms with van der Waals surface area (Å²) < 4.78 is 39.9. The van der Waals surface area contributed by atoms with Gasteiger partial charge in [0.25, 0.3) is 0 Å².